The lowest BCUT2D eigenvalue weighted by molar-refractivity contribution is -0.142. The summed E-state index contributed by atoms with van der Waals surface area (Å²) >= 11 is 0. The molecule has 0 aliphatic heterocycles. The molecule has 1 unspecified atom stereocenters. The van der Waals surface area contributed by atoms with Crippen molar-refractivity contribution in [2.45, 2.75) is 97.5 Å². The summed E-state index contributed by atoms with van der Waals surface area (Å²) in [7, 11) is 0. The third kappa shape index (κ3) is 14.8. The highest BCUT2D eigenvalue weighted by molar-refractivity contribution is 5.86. The second-order valence-corrected chi connectivity index (χ2v) is 6.92. The molecule has 5 heteroatoms. The number of ether oxygens (including phenoxy) is 2. The Labute approximate surface area is 159 Å². The summed E-state index contributed by atoms with van der Waals surface area (Å²) in [6.07, 6.45) is 12.4. The van der Waals surface area contributed by atoms with Gasteiger partial charge in [0.2, 0.25) is 0 Å². The largest absolute Gasteiger partial charge is 0.458 e. The fraction of sp³-hybridized carbons (Fsp3) is 0.810. The second kappa shape index (κ2) is 16.9. The molecule has 1 N–H and O–H groups in total. The molecule has 0 saturated carbocycles. The molecule has 0 aromatic heterocycles. The summed E-state index contributed by atoms with van der Waals surface area (Å²) in [5, 5.41) is 2.76. The van der Waals surface area contributed by atoms with Crippen molar-refractivity contribution >= 4 is 12.1 Å². The first-order valence-corrected chi connectivity index (χ1v) is 10.3. The van der Waals surface area contributed by atoms with Gasteiger partial charge in [0.15, 0.2) is 0 Å². The molecule has 0 aromatic carbocycles. The van der Waals surface area contributed by atoms with E-state index in [0.717, 1.165) is 12.8 Å². The van der Waals surface area contributed by atoms with Crippen LogP contribution in [0.1, 0.15) is 91.4 Å². The zero-order chi connectivity index (χ0) is 19.6. The van der Waals surface area contributed by atoms with Gasteiger partial charge in [0.05, 0.1) is 0 Å². The fourth-order valence-electron chi connectivity index (χ4n) is 2.52. The zero-order valence-electron chi connectivity index (χ0n) is 17.1. The summed E-state index contributed by atoms with van der Waals surface area (Å²) in [6.45, 7) is 9.91. The quantitative estimate of drug-likeness (QED) is 0.221. The number of rotatable bonds is 16. The Kier molecular flexibility index (Phi) is 15.9. The number of carbonyl (C=O) groups is 2. The maximum absolute atomic E-state index is 11.8. The average molecular weight is 370 g/mol. The number of unbranched alkanes of at least 4 members (excludes halogenated alkanes) is 9. The summed E-state index contributed by atoms with van der Waals surface area (Å²) < 4.78 is 10.3. The summed E-state index contributed by atoms with van der Waals surface area (Å²) in [5.74, 6) is -0.460. The molecule has 0 rings (SSSR count). The maximum Gasteiger partial charge on any atom is 0.407 e. The van der Waals surface area contributed by atoms with Crippen molar-refractivity contribution in [3.8, 4) is 0 Å². The normalized spacial score (nSPS) is 11.7. The number of amides is 1. The molecular weight excluding hydrogens is 330 g/mol. The predicted molar refractivity (Wildman–Crippen MR) is 106 cm³/mol. The Morgan fingerprint density at radius 2 is 1.46 bits per heavy atom. The summed E-state index contributed by atoms with van der Waals surface area (Å²) in [6, 6.07) is 0. The highest BCUT2D eigenvalue weighted by Gasteiger charge is 2.15. The minimum atomic E-state index is -0.460. The molecule has 0 heterocycles. The van der Waals surface area contributed by atoms with E-state index >= 15 is 0 Å². The van der Waals surface area contributed by atoms with Crippen LogP contribution in [0.15, 0.2) is 12.2 Å². The molecule has 0 bridgehead atoms. The number of alkyl carbamates (subject to hydrolysis) is 1. The first-order chi connectivity index (χ1) is 12.5. The van der Waals surface area contributed by atoms with E-state index in [9.17, 15) is 9.59 Å². The molecule has 0 aliphatic rings. The Morgan fingerprint density at radius 1 is 0.923 bits per heavy atom. The number of carbonyl (C=O) groups excluding carboxylic acids is 2. The van der Waals surface area contributed by atoms with Gasteiger partial charge in [-0.05, 0) is 19.8 Å². The number of esters is 1. The molecule has 0 fully saturated rings. The number of hydrogen-bond acceptors (Lipinski definition) is 4. The van der Waals surface area contributed by atoms with Gasteiger partial charge in [0.1, 0.15) is 12.7 Å². The molecule has 0 radical (unpaired) electrons. The Balaban J connectivity index is 3.57. The van der Waals surface area contributed by atoms with Gasteiger partial charge < -0.3 is 14.8 Å². The topological polar surface area (TPSA) is 64.6 Å². The van der Waals surface area contributed by atoms with Gasteiger partial charge in [0.25, 0.3) is 0 Å². The minimum Gasteiger partial charge on any atom is -0.458 e. The van der Waals surface area contributed by atoms with Gasteiger partial charge in [-0.1, -0.05) is 78.2 Å². The molecule has 0 aromatic rings. The molecule has 26 heavy (non-hydrogen) atoms. The Hall–Kier alpha value is -1.52. The van der Waals surface area contributed by atoms with Gasteiger partial charge in [-0.2, -0.15) is 0 Å². The Bertz CT molecular complexity index is 395. The van der Waals surface area contributed by atoms with Crippen molar-refractivity contribution in [1.82, 2.24) is 5.32 Å². The van der Waals surface area contributed by atoms with Gasteiger partial charge >= 0.3 is 12.1 Å². The van der Waals surface area contributed by atoms with Crippen molar-refractivity contribution in [2.75, 3.05) is 13.2 Å². The molecule has 0 aliphatic carbocycles. The van der Waals surface area contributed by atoms with E-state index in [4.69, 9.17) is 9.47 Å². The van der Waals surface area contributed by atoms with Crippen molar-refractivity contribution < 1.29 is 19.1 Å². The van der Waals surface area contributed by atoms with Crippen molar-refractivity contribution in [3.05, 3.63) is 12.2 Å². The van der Waals surface area contributed by atoms with Crippen LogP contribution in [0, 0.1) is 0 Å². The predicted octanol–water partition coefficient (Wildman–Crippen LogP) is 5.53. The lowest BCUT2D eigenvalue weighted by Gasteiger charge is -2.16. The van der Waals surface area contributed by atoms with Crippen LogP contribution in [-0.2, 0) is 14.3 Å². The van der Waals surface area contributed by atoms with Crippen molar-refractivity contribution in [2.24, 2.45) is 0 Å². The van der Waals surface area contributed by atoms with E-state index < -0.39 is 18.2 Å². The van der Waals surface area contributed by atoms with E-state index in [1.807, 2.05) is 6.92 Å². The smallest absolute Gasteiger partial charge is 0.407 e. The van der Waals surface area contributed by atoms with Crippen LogP contribution < -0.4 is 5.32 Å². The van der Waals surface area contributed by atoms with Gasteiger partial charge in [-0.25, -0.2) is 9.59 Å². The lowest BCUT2D eigenvalue weighted by atomic mass is 10.1. The molecule has 1 atom stereocenters. The van der Waals surface area contributed by atoms with Crippen LogP contribution in [0.3, 0.4) is 0 Å². The van der Waals surface area contributed by atoms with Gasteiger partial charge in [0, 0.05) is 12.1 Å². The van der Waals surface area contributed by atoms with Crippen LogP contribution in [-0.4, -0.2) is 31.3 Å². The zero-order valence-corrected chi connectivity index (χ0v) is 17.1. The van der Waals surface area contributed by atoms with Crippen LogP contribution in [0.2, 0.25) is 0 Å². The summed E-state index contributed by atoms with van der Waals surface area (Å²) in [4.78, 5) is 23.1. The monoisotopic (exact) mass is 369 g/mol. The lowest BCUT2D eigenvalue weighted by Crippen LogP contribution is -2.32. The molecule has 1 amide bonds. The van der Waals surface area contributed by atoms with Crippen molar-refractivity contribution in [1.29, 1.82) is 0 Å². The first kappa shape index (κ1) is 24.5. The molecule has 152 valence electrons. The Morgan fingerprint density at radius 3 is 1.96 bits per heavy atom. The molecule has 5 nitrogen and oxygen atoms in total. The number of hydrogen-bond donors (Lipinski definition) is 1. The highest BCUT2D eigenvalue weighted by Crippen LogP contribution is 2.10. The summed E-state index contributed by atoms with van der Waals surface area (Å²) in [5.41, 5.74) is 0.338. The van der Waals surface area contributed by atoms with E-state index in [-0.39, 0.29) is 6.61 Å². The highest BCUT2D eigenvalue weighted by atomic mass is 16.6. The molecule has 0 saturated heterocycles. The fourth-order valence-corrected chi connectivity index (χ4v) is 2.52. The first-order valence-electron chi connectivity index (χ1n) is 10.3. The van der Waals surface area contributed by atoms with Gasteiger partial charge in [-0.15, -0.1) is 0 Å². The van der Waals surface area contributed by atoms with E-state index in [1.54, 1.807) is 6.92 Å². The molecule has 0 spiro atoms. The SMILES string of the molecule is C=C(C)C(=O)OCC(CC)OC(=O)NCCCCCCCCCCCC. The van der Waals surface area contributed by atoms with Gasteiger partial charge in [-0.3, -0.25) is 0 Å². The van der Waals surface area contributed by atoms with Crippen LogP contribution in [0.4, 0.5) is 4.79 Å². The third-order valence-electron chi connectivity index (χ3n) is 4.28. The van der Waals surface area contributed by atoms with E-state index in [1.165, 1.54) is 51.4 Å². The average Bonchev–Trinajstić information content (AvgIpc) is 2.62. The van der Waals surface area contributed by atoms with Crippen LogP contribution in [0.25, 0.3) is 0 Å². The van der Waals surface area contributed by atoms with Crippen LogP contribution in [0.5, 0.6) is 0 Å². The number of nitrogens with one attached hydrogen (secondary N) is 1. The maximum atomic E-state index is 11.8. The minimum absolute atomic E-state index is 0.0634. The third-order valence-corrected chi connectivity index (χ3v) is 4.28. The van der Waals surface area contributed by atoms with Crippen molar-refractivity contribution in [3.63, 3.8) is 0 Å². The van der Waals surface area contributed by atoms with Crippen LogP contribution >= 0.6 is 0 Å². The second-order valence-electron chi connectivity index (χ2n) is 6.92. The standard InChI is InChI=1S/C21H39NO4/c1-5-7-8-9-10-11-12-13-14-15-16-22-21(24)26-19(6-2)17-25-20(23)18(3)4/h19H,3,5-17H2,1-2,4H3,(H,22,24). The molecular formula is C21H39NO4. The van der Waals surface area contributed by atoms with E-state index in [2.05, 4.69) is 18.8 Å². The van der Waals surface area contributed by atoms with E-state index in [0.29, 0.717) is 18.5 Å².